The summed E-state index contributed by atoms with van der Waals surface area (Å²) >= 11 is 0. The highest BCUT2D eigenvalue weighted by Crippen LogP contribution is 2.03. The topological polar surface area (TPSA) is 61.4 Å². The van der Waals surface area contributed by atoms with E-state index in [0.29, 0.717) is 0 Å². The van der Waals surface area contributed by atoms with Crippen LogP contribution in [0.1, 0.15) is 6.92 Å². The first-order valence-corrected chi connectivity index (χ1v) is 4.46. The van der Waals surface area contributed by atoms with Gasteiger partial charge in [-0.05, 0) is 19.1 Å². The quantitative estimate of drug-likeness (QED) is 0.676. The summed E-state index contributed by atoms with van der Waals surface area (Å²) in [4.78, 5) is 11.2. The number of carbonyl (C=O) groups excluding carboxylic acids is 1. The molecule has 0 saturated carbocycles. The molecular formula is C10H14N2O2. The predicted octanol–water partition coefficient (Wildman–Crippen LogP) is 1.19. The second kappa shape index (κ2) is 5.24. The molecule has 0 bridgehead atoms. The molecule has 0 aliphatic heterocycles. The van der Waals surface area contributed by atoms with Crippen LogP contribution in [0.3, 0.4) is 0 Å². The van der Waals surface area contributed by atoms with Gasteiger partial charge in [-0.15, -0.1) is 0 Å². The van der Waals surface area contributed by atoms with Crippen LogP contribution in [-0.2, 0) is 0 Å². The van der Waals surface area contributed by atoms with Gasteiger partial charge in [-0.25, -0.2) is 4.79 Å². The number of hydrogen-bond donors (Lipinski definition) is 3. The monoisotopic (exact) mass is 194 g/mol. The van der Waals surface area contributed by atoms with Crippen LogP contribution in [0.5, 0.6) is 0 Å². The van der Waals surface area contributed by atoms with Gasteiger partial charge in [0.2, 0.25) is 0 Å². The maximum absolute atomic E-state index is 11.2. The first-order valence-electron chi connectivity index (χ1n) is 4.46. The normalized spacial score (nSPS) is 11.9. The third-order valence-corrected chi connectivity index (χ3v) is 1.59. The van der Waals surface area contributed by atoms with Crippen molar-refractivity contribution < 1.29 is 9.90 Å². The SMILES string of the molecule is C[C@H](O)CNC(=O)Nc1ccccc1. The Balaban J connectivity index is 2.35. The van der Waals surface area contributed by atoms with E-state index < -0.39 is 6.10 Å². The van der Waals surface area contributed by atoms with E-state index >= 15 is 0 Å². The number of aliphatic hydroxyl groups is 1. The maximum Gasteiger partial charge on any atom is 0.319 e. The molecule has 1 aromatic rings. The zero-order valence-corrected chi connectivity index (χ0v) is 8.03. The van der Waals surface area contributed by atoms with E-state index in [0.717, 1.165) is 5.69 Å². The number of nitrogens with one attached hydrogen (secondary N) is 2. The van der Waals surface area contributed by atoms with Gasteiger partial charge in [-0.3, -0.25) is 0 Å². The Kier molecular flexibility index (Phi) is 3.94. The molecule has 0 aliphatic carbocycles. The number of amides is 2. The van der Waals surface area contributed by atoms with Gasteiger partial charge in [0.25, 0.3) is 0 Å². The van der Waals surface area contributed by atoms with Crippen molar-refractivity contribution in [3.63, 3.8) is 0 Å². The highest BCUT2D eigenvalue weighted by molar-refractivity contribution is 5.89. The first kappa shape index (κ1) is 10.5. The molecule has 0 unspecified atom stereocenters. The van der Waals surface area contributed by atoms with Gasteiger partial charge < -0.3 is 15.7 Å². The molecular weight excluding hydrogens is 180 g/mol. The Morgan fingerprint density at radius 1 is 1.43 bits per heavy atom. The molecule has 0 heterocycles. The van der Waals surface area contributed by atoms with Crippen LogP contribution in [0.15, 0.2) is 30.3 Å². The zero-order chi connectivity index (χ0) is 10.4. The van der Waals surface area contributed by atoms with E-state index in [4.69, 9.17) is 5.11 Å². The number of urea groups is 1. The first-order chi connectivity index (χ1) is 6.68. The molecule has 0 aliphatic rings. The number of para-hydroxylation sites is 1. The summed E-state index contributed by atoms with van der Waals surface area (Å²) in [5, 5.41) is 14.1. The lowest BCUT2D eigenvalue weighted by atomic mass is 10.3. The van der Waals surface area contributed by atoms with Crippen LogP contribution in [0.2, 0.25) is 0 Å². The largest absolute Gasteiger partial charge is 0.392 e. The highest BCUT2D eigenvalue weighted by atomic mass is 16.3. The number of rotatable bonds is 3. The number of anilines is 1. The predicted molar refractivity (Wildman–Crippen MR) is 55.1 cm³/mol. The minimum Gasteiger partial charge on any atom is -0.392 e. The van der Waals surface area contributed by atoms with Crippen molar-refractivity contribution >= 4 is 11.7 Å². The van der Waals surface area contributed by atoms with Crippen molar-refractivity contribution in [3.05, 3.63) is 30.3 Å². The van der Waals surface area contributed by atoms with Gasteiger partial charge in [0, 0.05) is 12.2 Å². The van der Waals surface area contributed by atoms with Crippen LogP contribution < -0.4 is 10.6 Å². The second-order valence-corrected chi connectivity index (χ2v) is 3.05. The molecule has 0 aromatic heterocycles. The van der Waals surface area contributed by atoms with Gasteiger partial charge in [0.15, 0.2) is 0 Å². The molecule has 0 saturated heterocycles. The molecule has 14 heavy (non-hydrogen) atoms. The Bertz CT molecular complexity index is 285. The third-order valence-electron chi connectivity index (χ3n) is 1.59. The molecule has 0 spiro atoms. The molecule has 1 aromatic carbocycles. The maximum atomic E-state index is 11.2. The van der Waals surface area contributed by atoms with Crippen LogP contribution >= 0.6 is 0 Å². The average molecular weight is 194 g/mol. The molecule has 76 valence electrons. The van der Waals surface area contributed by atoms with Gasteiger partial charge >= 0.3 is 6.03 Å². The third kappa shape index (κ3) is 3.91. The van der Waals surface area contributed by atoms with Crippen LogP contribution in [0.25, 0.3) is 0 Å². The number of carbonyl (C=O) groups is 1. The van der Waals surface area contributed by atoms with E-state index in [9.17, 15) is 4.79 Å². The van der Waals surface area contributed by atoms with E-state index in [-0.39, 0.29) is 12.6 Å². The molecule has 3 N–H and O–H groups in total. The highest BCUT2D eigenvalue weighted by Gasteiger charge is 2.01. The summed E-state index contributed by atoms with van der Waals surface area (Å²) in [6, 6.07) is 8.83. The van der Waals surface area contributed by atoms with Crippen LogP contribution in [0.4, 0.5) is 10.5 Å². The summed E-state index contributed by atoms with van der Waals surface area (Å²) in [5.41, 5.74) is 0.732. The lowest BCUT2D eigenvalue weighted by Gasteiger charge is -2.08. The molecule has 1 atom stereocenters. The van der Waals surface area contributed by atoms with Crippen molar-refractivity contribution in [2.45, 2.75) is 13.0 Å². The summed E-state index contributed by atoms with van der Waals surface area (Å²) in [5.74, 6) is 0. The van der Waals surface area contributed by atoms with E-state index in [1.165, 1.54) is 0 Å². The summed E-state index contributed by atoms with van der Waals surface area (Å²) in [6.07, 6.45) is -0.531. The lowest BCUT2D eigenvalue weighted by Crippen LogP contribution is -2.34. The number of hydrogen-bond acceptors (Lipinski definition) is 2. The number of aliphatic hydroxyl groups excluding tert-OH is 1. The fourth-order valence-corrected chi connectivity index (χ4v) is 0.937. The second-order valence-electron chi connectivity index (χ2n) is 3.05. The van der Waals surface area contributed by atoms with Crippen molar-refractivity contribution in [3.8, 4) is 0 Å². The lowest BCUT2D eigenvalue weighted by molar-refractivity contribution is 0.190. The van der Waals surface area contributed by atoms with Crippen molar-refractivity contribution in [2.24, 2.45) is 0 Å². The summed E-state index contributed by atoms with van der Waals surface area (Å²) in [7, 11) is 0. The summed E-state index contributed by atoms with van der Waals surface area (Å²) in [6.45, 7) is 1.86. The summed E-state index contributed by atoms with van der Waals surface area (Å²) < 4.78 is 0. The van der Waals surface area contributed by atoms with E-state index in [2.05, 4.69) is 10.6 Å². The minimum absolute atomic E-state index is 0.249. The van der Waals surface area contributed by atoms with E-state index in [1.54, 1.807) is 19.1 Å². The van der Waals surface area contributed by atoms with Gasteiger partial charge in [0.1, 0.15) is 0 Å². The standard InChI is InChI=1S/C10H14N2O2/c1-8(13)7-11-10(14)12-9-5-3-2-4-6-9/h2-6,8,13H,7H2,1H3,(H2,11,12,14)/t8-/m0/s1. The number of benzene rings is 1. The Morgan fingerprint density at radius 3 is 2.64 bits per heavy atom. The average Bonchev–Trinajstić information content (AvgIpc) is 2.16. The van der Waals surface area contributed by atoms with Crippen LogP contribution in [0, 0.1) is 0 Å². The Hall–Kier alpha value is -1.55. The van der Waals surface area contributed by atoms with Crippen molar-refractivity contribution in [1.82, 2.24) is 5.32 Å². The molecule has 2 amide bonds. The minimum atomic E-state index is -0.531. The fraction of sp³-hybridized carbons (Fsp3) is 0.300. The fourth-order valence-electron chi connectivity index (χ4n) is 0.937. The van der Waals surface area contributed by atoms with E-state index in [1.807, 2.05) is 18.2 Å². The molecule has 4 heteroatoms. The molecule has 4 nitrogen and oxygen atoms in total. The van der Waals surface area contributed by atoms with Crippen molar-refractivity contribution in [1.29, 1.82) is 0 Å². The Labute approximate surface area is 82.9 Å². The van der Waals surface area contributed by atoms with Crippen molar-refractivity contribution in [2.75, 3.05) is 11.9 Å². The smallest absolute Gasteiger partial charge is 0.319 e. The van der Waals surface area contributed by atoms with Gasteiger partial charge in [-0.1, -0.05) is 18.2 Å². The molecule has 1 rings (SSSR count). The van der Waals surface area contributed by atoms with Gasteiger partial charge in [0.05, 0.1) is 6.10 Å². The van der Waals surface area contributed by atoms with Crippen LogP contribution in [-0.4, -0.2) is 23.8 Å². The zero-order valence-electron chi connectivity index (χ0n) is 8.03. The van der Waals surface area contributed by atoms with Gasteiger partial charge in [-0.2, -0.15) is 0 Å². The molecule has 0 radical (unpaired) electrons. The Morgan fingerprint density at radius 2 is 2.07 bits per heavy atom. The molecule has 0 fully saturated rings.